The summed E-state index contributed by atoms with van der Waals surface area (Å²) in [5.74, 6) is 0.643. The Balaban J connectivity index is 2.14. The molecule has 3 nitrogen and oxygen atoms in total. The Bertz CT molecular complexity index is 370. The van der Waals surface area contributed by atoms with Gasteiger partial charge in [-0.15, -0.1) is 0 Å². The molecule has 0 aliphatic carbocycles. The predicted molar refractivity (Wildman–Crippen MR) is 83.9 cm³/mol. The first-order valence-electron chi connectivity index (χ1n) is 7.50. The van der Waals surface area contributed by atoms with Crippen LogP contribution in [0.25, 0.3) is 0 Å². The van der Waals surface area contributed by atoms with Crippen LogP contribution in [0.2, 0.25) is 0 Å². The average molecular weight is 281 g/mol. The maximum atomic E-state index is 4.41. The van der Waals surface area contributed by atoms with Crippen LogP contribution in [0.3, 0.4) is 0 Å². The molecule has 1 atom stereocenters. The number of hydrogen-bond donors (Lipinski definition) is 1. The summed E-state index contributed by atoms with van der Waals surface area (Å²) in [5, 5.41) is 3.51. The molecule has 1 aromatic heterocycles. The highest BCUT2D eigenvalue weighted by molar-refractivity contribution is 8.00. The molecule has 1 aliphatic heterocycles. The molecule has 108 valence electrons. The smallest absolute Gasteiger partial charge is 0.0948 e. The Morgan fingerprint density at radius 2 is 2.26 bits per heavy atom. The Morgan fingerprint density at radius 3 is 2.84 bits per heavy atom. The molecule has 2 heterocycles. The second-order valence-corrected chi connectivity index (χ2v) is 6.86. The highest BCUT2D eigenvalue weighted by Crippen LogP contribution is 2.34. The summed E-state index contributed by atoms with van der Waals surface area (Å²) < 4.78 is 2.76. The van der Waals surface area contributed by atoms with Gasteiger partial charge in [0.2, 0.25) is 0 Å². The van der Waals surface area contributed by atoms with Crippen LogP contribution in [0, 0.1) is 0 Å². The van der Waals surface area contributed by atoms with E-state index in [4.69, 9.17) is 0 Å². The van der Waals surface area contributed by atoms with E-state index in [0.717, 1.165) is 13.1 Å². The number of hydrogen-bond acceptors (Lipinski definition) is 3. The Morgan fingerprint density at radius 1 is 1.47 bits per heavy atom. The van der Waals surface area contributed by atoms with E-state index >= 15 is 0 Å². The summed E-state index contributed by atoms with van der Waals surface area (Å²) >= 11 is 2.01. The van der Waals surface area contributed by atoms with E-state index < -0.39 is 0 Å². The number of imidazole rings is 1. The first-order valence-corrected chi connectivity index (χ1v) is 8.73. The van der Waals surface area contributed by atoms with Gasteiger partial charge in [-0.25, -0.2) is 4.98 Å². The molecule has 1 aliphatic rings. The molecule has 1 unspecified atom stereocenters. The lowest BCUT2D eigenvalue weighted by atomic mass is 9.95. The Kier molecular flexibility index (Phi) is 5.34. The average Bonchev–Trinajstić information content (AvgIpc) is 2.94. The molecule has 1 fully saturated rings. The van der Waals surface area contributed by atoms with Gasteiger partial charge in [0.1, 0.15) is 0 Å². The number of nitrogens with zero attached hydrogens (tertiary/aromatic N) is 2. The highest BCUT2D eigenvalue weighted by atomic mass is 32.2. The van der Waals surface area contributed by atoms with Crippen molar-refractivity contribution in [2.75, 3.05) is 19.3 Å². The second kappa shape index (κ2) is 6.80. The summed E-state index contributed by atoms with van der Waals surface area (Å²) in [6.07, 6.45) is 11.4. The summed E-state index contributed by atoms with van der Waals surface area (Å²) in [6.45, 7) is 7.98. The molecule has 1 aromatic rings. The molecule has 0 saturated carbocycles. The van der Waals surface area contributed by atoms with Gasteiger partial charge in [-0.1, -0.05) is 13.8 Å². The topological polar surface area (TPSA) is 29.9 Å². The van der Waals surface area contributed by atoms with Crippen molar-refractivity contribution >= 4 is 11.8 Å². The van der Waals surface area contributed by atoms with Crippen molar-refractivity contribution in [2.24, 2.45) is 0 Å². The molecule has 19 heavy (non-hydrogen) atoms. The van der Waals surface area contributed by atoms with Crippen LogP contribution >= 0.6 is 11.8 Å². The molecule has 0 amide bonds. The third-order valence-corrected chi connectivity index (χ3v) is 6.21. The third-order valence-electron chi connectivity index (χ3n) is 4.64. The van der Waals surface area contributed by atoms with Crippen LogP contribution in [0.1, 0.15) is 51.1 Å². The van der Waals surface area contributed by atoms with E-state index in [-0.39, 0.29) is 0 Å². The van der Waals surface area contributed by atoms with Gasteiger partial charge in [0.05, 0.1) is 6.33 Å². The van der Waals surface area contributed by atoms with Crippen molar-refractivity contribution in [1.29, 1.82) is 0 Å². The van der Waals surface area contributed by atoms with Gasteiger partial charge in [-0.2, -0.15) is 11.8 Å². The van der Waals surface area contributed by atoms with Crippen molar-refractivity contribution in [3.05, 3.63) is 18.2 Å². The van der Waals surface area contributed by atoms with Crippen molar-refractivity contribution in [2.45, 2.75) is 56.7 Å². The molecule has 4 heteroatoms. The van der Waals surface area contributed by atoms with Crippen LogP contribution in [-0.4, -0.2) is 33.6 Å². The van der Waals surface area contributed by atoms with Crippen LogP contribution in [-0.2, 0) is 6.54 Å². The Labute approximate surface area is 121 Å². The molecule has 2 rings (SSSR count). The molecule has 1 saturated heterocycles. The maximum absolute atomic E-state index is 4.41. The zero-order valence-corrected chi connectivity index (χ0v) is 13.3. The van der Waals surface area contributed by atoms with Crippen molar-refractivity contribution in [3.8, 4) is 0 Å². The Hall–Kier alpha value is -0.480. The maximum Gasteiger partial charge on any atom is 0.0948 e. The second-order valence-electron chi connectivity index (χ2n) is 5.58. The summed E-state index contributed by atoms with van der Waals surface area (Å²) in [5.41, 5.74) is 1.42. The van der Waals surface area contributed by atoms with Gasteiger partial charge in [0.15, 0.2) is 0 Å². The van der Waals surface area contributed by atoms with E-state index in [1.807, 2.05) is 18.1 Å². The van der Waals surface area contributed by atoms with Crippen molar-refractivity contribution in [1.82, 2.24) is 14.9 Å². The molecule has 0 aromatic carbocycles. The minimum absolute atomic E-state index is 0.359. The van der Waals surface area contributed by atoms with Gasteiger partial charge >= 0.3 is 0 Å². The number of piperidine rings is 1. The monoisotopic (exact) mass is 281 g/mol. The fraction of sp³-hybridized carbons (Fsp3) is 0.800. The SMILES string of the molecule is CCC(CC)(Cn1cncc1C1CCCNC1)SC. The minimum atomic E-state index is 0.359. The predicted octanol–water partition coefficient (Wildman–Crippen LogP) is 3.27. The molecule has 0 bridgehead atoms. The van der Waals surface area contributed by atoms with Crippen LogP contribution < -0.4 is 5.32 Å². The summed E-state index contributed by atoms with van der Waals surface area (Å²) in [4.78, 5) is 4.41. The first-order chi connectivity index (χ1) is 9.24. The quantitative estimate of drug-likeness (QED) is 0.868. The van der Waals surface area contributed by atoms with E-state index in [2.05, 4.69) is 41.2 Å². The molecule has 0 radical (unpaired) electrons. The summed E-state index contributed by atoms with van der Waals surface area (Å²) in [7, 11) is 0. The molecule has 0 spiro atoms. The zero-order chi connectivity index (χ0) is 13.7. The lowest BCUT2D eigenvalue weighted by Gasteiger charge is -2.32. The van der Waals surface area contributed by atoms with Crippen LogP contribution in [0.15, 0.2) is 12.5 Å². The van der Waals surface area contributed by atoms with Gasteiger partial charge in [0, 0.05) is 35.6 Å². The number of nitrogens with one attached hydrogen (secondary N) is 1. The largest absolute Gasteiger partial charge is 0.333 e. The van der Waals surface area contributed by atoms with Gasteiger partial charge in [0.25, 0.3) is 0 Å². The van der Waals surface area contributed by atoms with Gasteiger partial charge in [-0.3, -0.25) is 0 Å². The number of thioether (sulfide) groups is 1. The fourth-order valence-corrected chi connectivity index (χ4v) is 3.89. The minimum Gasteiger partial charge on any atom is -0.333 e. The van der Waals surface area contributed by atoms with Gasteiger partial charge < -0.3 is 9.88 Å². The third kappa shape index (κ3) is 3.34. The standard InChI is InChI=1S/C15H27N3S/c1-4-15(5-2,19-3)11-18-12-17-10-14(18)13-7-6-8-16-9-13/h10,12-13,16H,4-9,11H2,1-3H3. The molecular formula is C15H27N3S. The van der Waals surface area contributed by atoms with Gasteiger partial charge in [-0.05, 0) is 38.5 Å². The fourth-order valence-electron chi connectivity index (χ4n) is 3.04. The number of rotatable bonds is 6. The lowest BCUT2D eigenvalue weighted by molar-refractivity contribution is 0.413. The van der Waals surface area contributed by atoms with E-state index in [1.54, 1.807) is 0 Å². The van der Waals surface area contributed by atoms with Crippen molar-refractivity contribution in [3.63, 3.8) is 0 Å². The molecule has 1 N–H and O–H groups in total. The van der Waals surface area contributed by atoms with E-state index in [1.165, 1.54) is 37.9 Å². The lowest BCUT2D eigenvalue weighted by Crippen LogP contribution is -2.33. The highest BCUT2D eigenvalue weighted by Gasteiger charge is 2.27. The normalized spacial score (nSPS) is 20.7. The number of aromatic nitrogens is 2. The van der Waals surface area contributed by atoms with Crippen LogP contribution in [0.5, 0.6) is 0 Å². The van der Waals surface area contributed by atoms with Crippen molar-refractivity contribution < 1.29 is 0 Å². The van der Waals surface area contributed by atoms with Crippen LogP contribution in [0.4, 0.5) is 0 Å². The summed E-state index contributed by atoms with van der Waals surface area (Å²) in [6, 6.07) is 0. The van der Waals surface area contributed by atoms with E-state index in [9.17, 15) is 0 Å². The first kappa shape index (κ1) is 14.9. The molecular weight excluding hydrogens is 254 g/mol. The zero-order valence-electron chi connectivity index (χ0n) is 12.5. The van der Waals surface area contributed by atoms with E-state index in [0.29, 0.717) is 10.7 Å².